The smallest absolute Gasteiger partial charge is 0.188 e. The Hall–Kier alpha value is -2.30. The summed E-state index contributed by atoms with van der Waals surface area (Å²) in [4.78, 5) is 5.69. The van der Waals surface area contributed by atoms with Crippen LogP contribution in [0.1, 0.15) is 18.4 Å². The van der Waals surface area contributed by atoms with Gasteiger partial charge in [-0.15, -0.1) is 22.6 Å². The van der Waals surface area contributed by atoms with E-state index < -0.39 is 0 Å². The summed E-state index contributed by atoms with van der Waals surface area (Å²) >= 11 is 12.1. The van der Waals surface area contributed by atoms with Crippen molar-refractivity contribution in [3.8, 4) is 0 Å². The van der Waals surface area contributed by atoms with E-state index in [1.807, 2.05) is 24.3 Å². The molecular formula is C21H20Cl3N5O. The SMILES string of the molecule is Cl.[C-]#[N+]c1ccc2c(N3CCC(O)CC3)nnc(NCc3ccc(Cl)c(Cl)c3)c2c1. The molecule has 0 atom stereocenters. The molecule has 1 aromatic heterocycles. The highest BCUT2D eigenvalue weighted by atomic mass is 35.5. The van der Waals surface area contributed by atoms with Gasteiger partial charge >= 0.3 is 0 Å². The number of anilines is 2. The van der Waals surface area contributed by atoms with Gasteiger partial charge in [0.15, 0.2) is 17.3 Å². The third-order valence-corrected chi connectivity index (χ3v) is 5.82. The standard InChI is InChI=1S/C21H19Cl2N5O.ClH/c1-24-14-3-4-16-17(11-14)20(25-12-13-2-5-18(22)19(23)10-13)26-27-21(16)28-8-6-15(29)7-9-28;/h2-5,10-11,15,29H,6-9,12H2,(H,25,26);1H. The van der Waals surface area contributed by atoms with E-state index in [2.05, 4.69) is 25.3 Å². The van der Waals surface area contributed by atoms with Gasteiger partial charge in [0.05, 0.1) is 22.7 Å². The van der Waals surface area contributed by atoms with Gasteiger partial charge in [0.1, 0.15) is 0 Å². The van der Waals surface area contributed by atoms with Crippen LogP contribution in [-0.4, -0.2) is 34.5 Å². The lowest BCUT2D eigenvalue weighted by Gasteiger charge is -2.31. The van der Waals surface area contributed by atoms with Gasteiger partial charge in [-0.25, -0.2) is 4.85 Å². The van der Waals surface area contributed by atoms with Crippen LogP contribution in [-0.2, 0) is 6.54 Å². The molecule has 156 valence electrons. The van der Waals surface area contributed by atoms with Crippen LogP contribution in [0.3, 0.4) is 0 Å². The second-order valence-corrected chi connectivity index (χ2v) is 7.85. The molecule has 0 aliphatic carbocycles. The Bertz CT molecular complexity index is 1090. The first-order valence-corrected chi connectivity index (χ1v) is 10.1. The molecule has 0 unspecified atom stereocenters. The summed E-state index contributed by atoms with van der Waals surface area (Å²) in [7, 11) is 0. The lowest BCUT2D eigenvalue weighted by atomic mass is 10.1. The van der Waals surface area contributed by atoms with Gasteiger partial charge in [-0.3, -0.25) is 0 Å². The lowest BCUT2D eigenvalue weighted by molar-refractivity contribution is 0.145. The zero-order chi connectivity index (χ0) is 20.4. The highest BCUT2D eigenvalue weighted by Crippen LogP contribution is 2.33. The van der Waals surface area contributed by atoms with E-state index in [4.69, 9.17) is 29.8 Å². The number of fused-ring (bicyclic) bond motifs is 1. The van der Waals surface area contributed by atoms with Crippen molar-refractivity contribution in [2.45, 2.75) is 25.5 Å². The number of rotatable bonds is 4. The molecule has 2 N–H and O–H groups in total. The van der Waals surface area contributed by atoms with Crippen molar-refractivity contribution in [3.05, 3.63) is 63.4 Å². The minimum absolute atomic E-state index is 0. The number of halogens is 3. The van der Waals surface area contributed by atoms with Gasteiger partial charge in [0.25, 0.3) is 0 Å². The van der Waals surface area contributed by atoms with E-state index in [1.54, 1.807) is 12.1 Å². The number of nitrogens with zero attached hydrogens (tertiary/aromatic N) is 4. The second kappa shape index (κ2) is 9.67. The fourth-order valence-corrected chi connectivity index (χ4v) is 3.80. The minimum atomic E-state index is -0.258. The lowest BCUT2D eigenvalue weighted by Crippen LogP contribution is -2.36. The molecule has 0 radical (unpaired) electrons. The summed E-state index contributed by atoms with van der Waals surface area (Å²) in [5.41, 5.74) is 1.51. The van der Waals surface area contributed by atoms with Crippen LogP contribution < -0.4 is 10.2 Å². The maximum atomic E-state index is 9.79. The van der Waals surface area contributed by atoms with Crippen molar-refractivity contribution < 1.29 is 5.11 Å². The molecule has 1 aliphatic heterocycles. The van der Waals surface area contributed by atoms with Crippen LogP contribution in [0.5, 0.6) is 0 Å². The summed E-state index contributed by atoms with van der Waals surface area (Å²) in [5, 5.41) is 24.7. The van der Waals surface area contributed by atoms with Crippen LogP contribution in [0.25, 0.3) is 15.6 Å². The quantitative estimate of drug-likeness (QED) is 0.500. The summed E-state index contributed by atoms with van der Waals surface area (Å²) in [6.07, 6.45) is 1.16. The Morgan fingerprint density at radius 2 is 1.83 bits per heavy atom. The molecular weight excluding hydrogens is 445 g/mol. The van der Waals surface area contributed by atoms with Crippen LogP contribution in [0.15, 0.2) is 36.4 Å². The number of aromatic nitrogens is 2. The third kappa shape index (κ3) is 4.71. The van der Waals surface area contributed by atoms with Crippen LogP contribution in [0, 0.1) is 6.57 Å². The summed E-state index contributed by atoms with van der Waals surface area (Å²) < 4.78 is 0. The summed E-state index contributed by atoms with van der Waals surface area (Å²) in [6.45, 7) is 9.30. The average Bonchev–Trinajstić information content (AvgIpc) is 2.74. The van der Waals surface area contributed by atoms with Crippen molar-refractivity contribution in [1.29, 1.82) is 0 Å². The molecule has 9 heteroatoms. The normalized spacial score (nSPS) is 14.3. The molecule has 3 aromatic rings. The summed E-state index contributed by atoms with van der Waals surface area (Å²) in [6, 6.07) is 11.0. The van der Waals surface area contributed by atoms with E-state index in [-0.39, 0.29) is 18.5 Å². The van der Waals surface area contributed by atoms with E-state index >= 15 is 0 Å². The predicted molar refractivity (Wildman–Crippen MR) is 124 cm³/mol. The molecule has 6 nitrogen and oxygen atoms in total. The van der Waals surface area contributed by atoms with E-state index in [0.717, 1.165) is 35.2 Å². The van der Waals surface area contributed by atoms with Gasteiger partial charge in [0, 0.05) is 30.4 Å². The molecule has 0 spiro atoms. The van der Waals surface area contributed by atoms with Gasteiger partial charge in [-0.05, 0) is 36.6 Å². The number of hydrogen-bond donors (Lipinski definition) is 2. The first-order valence-electron chi connectivity index (χ1n) is 9.34. The van der Waals surface area contributed by atoms with E-state index in [0.29, 0.717) is 40.9 Å². The second-order valence-electron chi connectivity index (χ2n) is 7.03. The van der Waals surface area contributed by atoms with E-state index in [9.17, 15) is 5.11 Å². The third-order valence-electron chi connectivity index (χ3n) is 5.08. The van der Waals surface area contributed by atoms with Gasteiger partial charge in [-0.2, -0.15) is 0 Å². The zero-order valence-electron chi connectivity index (χ0n) is 16.0. The average molecular weight is 465 g/mol. The Labute approximate surface area is 191 Å². The molecule has 0 saturated carbocycles. The number of piperidine rings is 1. The van der Waals surface area contributed by atoms with Gasteiger partial charge in [-0.1, -0.05) is 41.4 Å². The Kier molecular flexibility index (Phi) is 7.22. The Balaban J connectivity index is 0.00000256. The molecule has 2 heterocycles. The van der Waals surface area contributed by atoms with E-state index in [1.165, 1.54) is 0 Å². The largest absolute Gasteiger partial charge is 0.393 e. The molecule has 1 aliphatic rings. The zero-order valence-corrected chi connectivity index (χ0v) is 18.3. The molecule has 2 aromatic carbocycles. The van der Waals surface area contributed by atoms with Gasteiger partial charge < -0.3 is 15.3 Å². The Morgan fingerprint density at radius 3 is 2.53 bits per heavy atom. The fraction of sp³-hybridized carbons (Fsp3) is 0.286. The molecule has 1 fully saturated rings. The molecule has 0 bridgehead atoms. The predicted octanol–water partition coefficient (Wildman–Crippen LogP) is 5.48. The highest BCUT2D eigenvalue weighted by molar-refractivity contribution is 6.42. The van der Waals surface area contributed by atoms with Crippen molar-refractivity contribution >= 4 is 63.7 Å². The first kappa shape index (κ1) is 22.4. The van der Waals surface area contributed by atoms with Crippen LogP contribution in [0.4, 0.5) is 17.3 Å². The number of aliphatic hydroxyl groups is 1. The van der Waals surface area contributed by atoms with Crippen LogP contribution >= 0.6 is 35.6 Å². The highest BCUT2D eigenvalue weighted by Gasteiger charge is 2.21. The maximum absolute atomic E-state index is 9.79. The number of hydrogen-bond acceptors (Lipinski definition) is 5. The van der Waals surface area contributed by atoms with Gasteiger partial charge in [0.2, 0.25) is 0 Å². The molecule has 30 heavy (non-hydrogen) atoms. The topological polar surface area (TPSA) is 65.6 Å². The molecule has 1 saturated heterocycles. The van der Waals surface area contributed by atoms with Crippen molar-refractivity contribution in [1.82, 2.24) is 10.2 Å². The van der Waals surface area contributed by atoms with Crippen molar-refractivity contribution in [2.75, 3.05) is 23.3 Å². The fourth-order valence-electron chi connectivity index (χ4n) is 3.47. The number of benzene rings is 2. The summed E-state index contributed by atoms with van der Waals surface area (Å²) in [5.74, 6) is 1.39. The number of aliphatic hydroxyl groups excluding tert-OH is 1. The first-order chi connectivity index (χ1) is 14.0. The Morgan fingerprint density at radius 1 is 1.07 bits per heavy atom. The maximum Gasteiger partial charge on any atom is 0.188 e. The van der Waals surface area contributed by atoms with Crippen molar-refractivity contribution in [2.24, 2.45) is 0 Å². The minimum Gasteiger partial charge on any atom is -0.393 e. The molecule has 4 rings (SSSR count). The van der Waals surface area contributed by atoms with Crippen molar-refractivity contribution in [3.63, 3.8) is 0 Å². The number of nitrogens with one attached hydrogen (secondary N) is 1. The van der Waals surface area contributed by atoms with Crippen LogP contribution in [0.2, 0.25) is 10.0 Å². The monoisotopic (exact) mass is 463 g/mol. The molecule has 0 amide bonds.